The highest BCUT2D eigenvalue weighted by atomic mass is 16.6. The fourth-order valence-corrected chi connectivity index (χ4v) is 7.49. The molecule has 0 aromatic carbocycles. The average molecular weight is 401 g/mol. The van der Waals surface area contributed by atoms with Crippen molar-refractivity contribution >= 4 is 12.0 Å². The van der Waals surface area contributed by atoms with Crippen molar-refractivity contribution in [2.75, 3.05) is 27.2 Å². The molecule has 4 aliphatic rings. The molecular formula is C25H40N2O2. The molecular weight excluding hydrogens is 360 g/mol. The zero-order valence-corrected chi connectivity index (χ0v) is 19.0. The third-order valence-electron chi connectivity index (χ3n) is 9.34. The third-order valence-corrected chi connectivity index (χ3v) is 9.34. The molecule has 0 saturated heterocycles. The summed E-state index contributed by atoms with van der Waals surface area (Å²) >= 11 is 0. The van der Waals surface area contributed by atoms with E-state index in [4.69, 9.17) is 4.84 Å². The van der Waals surface area contributed by atoms with E-state index in [0.717, 1.165) is 43.6 Å². The fourth-order valence-electron chi connectivity index (χ4n) is 7.49. The monoisotopic (exact) mass is 400 g/mol. The molecule has 0 heterocycles. The molecule has 162 valence electrons. The largest absolute Gasteiger partial charge is 0.394 e. The van der Waals surface area contributed by atoms with Crippen molar-refractivity contribution in [3.8, 4) is 0 Å². The van der Waals surface area contributed by atoms with E-state index >= 15 is 0 Å². The van der Waals surface area contributed by atoms with Gasteiger partial charge in [-0.2, -0.15) is 0 Å². The van der Waals surface area contributed by atoms with E-state index in [1.54, 1.807) is 5.57 Å². The summed E-state index contributed by atoms with van der Waals surface area (Å²) in [6.07, 6.45) is 14.9. The minimum Gasteiger partial charge on any atom is -0.394 e. The molecule has 4 nitrogen and oxygen atoms in total. The minimum atomic E-state index is 0.00708. The Morgan fingerprint density at radius 1 is 1.10 bits per heavy atom. The third kappa shape index (κ3) is 3.82. The summed E-state index contributed by atoms with van der Waals surface area (Å²) in [5, 5.41) is 4.12. The SMILES string of the molecule is CN(C)CCO/N=C/C=C1\CC[C@@]2(C)C(CCC3C2CC[C@]2(C)C(=O)CCC32)C1. The number of oxime groups is 1. The molecule has 4 aliphatic carbocycles. The van der Waals surface area contributed by atoms with Gasteiger partial charge in [0.15, 0.2) is 0 Å². The first kappa shape index (κ1) is 21.1. The molecule has 0 bridgehead atoms. The second-order valence-corrected chi connectivity index (χ2v) is 11.0. The van der Waals surface area contributed by atoms with Crippen LogP contribution in [0.5, 0.6) is 0 Å². The van der Waals surface area contributed by atoms with Gasteiger partial charge < -0.3 is 9.74 Å². The smallest absolute Gasteiger partial charge is 0.139 e. The molecule has 0 radical (unpaired) electrons. The number of Topliss-reactive ketones (excluding diaryl/α,β-unsaturated/α-hetero) is 1. The highest BCUT2D eigenvalue weighted by Crippen LogP contribution is 2.65. The maximum absolute atomic E-state index is 12.6. The number of rotatable bonds is 5. The first-order valence-electron chi connectivity index (χ1n) is 11.9. The van der Waals surface area contributed by atoms with Gasteiger partial charge in [-0.1, -0.05) is 24.6 Å². The normalized spacial score (nSPS) is 43.5. The summed E-state index contributed by atoms with van der Waals surface area (Å²) in [6, 6.07) is 0. The molecule has 4 heteroatoms. The quantitative estimate of drug-likeness (QED) is 0.367. The summed E-state index contributed by atoms with van der Waals surface area (Å²) in [6.45, 7) is 6.41. The van der Waals surface area contributed by atoms with Crippen LogP contribution in [0.4, 0.5) is 0 Å². The molecule has 0 aromatic heterocycles. The minimum absolute atomic E-state index is 0.00708. The van der Waals surface area contributed by atoms with E-state index < -0.39 is 0 Å². The fraction of sp³-hybridized carbons (Fsp3) is 0.840. The van der Waals surface area contributed by atoms with Gasteiger partial charge in [-0.05, 0) is 101 Å². The van der Waals surface area contributed by atoms with E-state index in [1.165, 1.54) is 38.5 Å². The first-order valence-corrected chi connectivity index (χ1v) is 11.9. The van der Waals surface area contributed by atoms with Gasteiger partial charge in [0.2, 0.25) is 0 Å². The second kappa shape index (κ2) is 8.17. The first-order chi connectivity index (χ1) is 13.8. The topological polar surface area (TPSA) is 41.9 Å². The Hall–Kier alpha value is -1.16. The number of nitrogens with zero attached hydrogens (tertiary/aromatic N) is 2. The van der Waals surface area contributed by atoms with E-state index in [0.29, 0.717) is 23.7 Å². The van der Waals surface area contributed by atoms with E-state index in [-0.39, 0.29) is 5.41 Å². The van der Waals surface area contributed by atoms with E-state index in [1.807, 2.05) is 20.3 Å². The predicted octanol–water partition coefficient (Wildman–Crippen LogP) is 5.09. The van der Waals surface area contributed by atoms with Gasteiger partial charge in [0, 0.05) is 18.4 Å². The van der Waals surface area contributed by atoms with Crippen LogP contribution in [0, 0.1) is 34.5 Å². The Bertz CT molecular complexity index is 684. The Kier molecular flexibility index (Phi) is 5.94. The lowest BCUT2D eigenvalue weighted by molar-refractivity contribution is -0.137. The lowest BCUT2D eigenvalue weighted by Crippen LogP contribution is -2.53. The maximum atomic E-state index is 12.6. The molecule has 0 aliphatic heterocycles. The van der Waals surface area contributed by atoms with Crippen LogP contribution in [0.1, 0.15) is 71.6 Å². The number of carbonyl (C=O) groups is 1. The Labute approximate surface area is 177 Å². The number of likely N-dealkylation sites (N-methyl/N-ethyl adjacent to an activating group) is 1. The molecule has 0 spiro atoms. The number of carbonyl (C=O) groups excluding carboxylic acids is 1. The summed E-state index contributed by atoms with van der Waals surface area (Å²) in [4.78, 5) is 20.0. The summed E-state index contributed by atoms with van der Waals surface area (Å²) in [7, 11) is 4.08. The standard InChI is InChI=1S/C25H40N2O2/c1-24-12-9-18(11-14-26-29-16-15-27(3)4)17-19(24)5-6-20-21-7-8-23(28)25(21,2)13-10-22(20)24/h11,14,19-22H,5-10,12-13,15-17H2,1-4H3/b18-11+,26-14+/t19?,20?,21?,22?,24-,25-/m0/s1. The second-order valence-electron chi connectivity index (χ2n) is 11.0. The average Bonchev–Trinajstić information content (AvgIpc) is 2.99. The molecule has 0 amide bonds. The van der Waals surface area contributed by atoms with Crippen LogP contribution in [0.25, 0.3) is 0 Å². The van der Waals surface area contributed by atoms with Gasteiger partial charge in [0.1, 0.15) is 12.4 Å². The number of fused-ring (bicyclic) bond motifs is 5. The predicted molar refractivity (Wildman–Crippen MR) is 118 cm³/mol. The lowest BCUT2D eigenvalue weighted by atomic mass is 9.45. The van der Waals surface area contributed by atoms with Crippen molar-refractivity contribution in [2.45, 2.75) is 71.6 Å². The molecule has 4 rings (SSSR count). The highest BCUT2D eigenvalue weighted by molar-refractivity contribution is 5.87. The number of ketones is 1. The Balaban J connectivity index is 1.38. The van der Waals surface area contributed by atoms with Gasteiger partial charge in [-0.15, -0.1) is 0 Å². The zero-order chi connectivity index (χ0) is 20.6. The van der Waals surface area contributed by atoms with Crippen molar-refractivity contribution in [3.05, 3.63) is 11.6 Å². The molecule has 6 atom stereocenters. The van der Waals surface area contributed by atoms with Crippen LogP contribution >= 0.6 is 0 Å². The summed E-state index contributed by atoms with van der Waals surface area (Å²) in [5.74, 6) is 3.64. The number of allylic oxidation sites excluding steroid dienone is 2. The van der Waals surface area contributed by atoms with Gasteiger partial charge in [-0.25, -0.2) is 0 Å². The highest BCUT2D eigenvalue weighted by Gasteiger charge is 2.59. The summed E-state index contributed by atoms with van der Waals surface area (Å²) < 4.78 is 0. The van der Waals surface area contributed by atoms with Gasteiger partial charge in [0.25, 0.3) is 0 Å². The van der Waals surface area contributed by atoms with E-state index in [2.05, 4.69) is 30.0 Å². The molecule has 4 unspecified atom stereocenters. The van der Waals surface area contributed by atoms with Crippen LogP contribution in [-0.2, 0) is 9.63 Å². The van der Waals surface area contributed by atoms with Crippen molar-refractivity contribution in [1.29, 1.82) is 0 Å². The molecule has 4 fully saturated rings. The van der Waals surface area contributed by atoms with Gasteiger partial charge in [-0.3, -0.25) is 4.79 Å². The lowest BCUT2D eigenvalue weighted by Gasteiger charge is -2.59. The van der Waals surface area contributed by atoms with Crippen molar-refractivity contribution < 1.29 is 9.63 Å². The number of hydrogen-bond acceptors (Lipinski definition) is 4. The van der Waals surface area contributed by atoms with Crippen molar-refractivity contribution in [2.24, 2.45) is 39.7 Å². The van der Waals surface area contributed by atoms with Gasteiger partial charge in [0.05, 0.1) is 6.21 Å². The maximum Gasteiger partial charge on any atom is 0.139 e. The molecule has 4 saturated carbocycles. The van der Waals surface area contributed by atoms with E-state index in [9.17, 15) is 4.79 Å². The van der Waals surface area contributed by atoms with Gasteiger partial charge >= 0.3 is 0 Å². The van der Waals surface area contributed by atoms with Crippen LogP contribution < -0.4 is 0 Å². The van der Waals surface area contributed by atoms with Crippen LogP contribution in [0.2, 0.25) is 0 Å². The number of hydrogen-bond donors (Lipinski definition) is 0. The summed E-state index contributed by atoms with van der Waals surface area (Å²) in [5.41, 5.74) is 2.02. The van der Waals surface area contributed by atoms with Crippen molar-refractivity contribution in [1.82, 2.24) is 4.90 Å². The molecule has 0 N–H and O–H groups in total. The molecule has 29 heavy (non-hydrogen) atoms. The van der Waals surface area contributed by atoms with Crippen molar-refractivity contribution in [3.63, 3.8) is 0 Å². The van der Waals surface area contributed by atoms with Crippen LogP contribution in [0.3, 0.4) is 0 Å². The molecule has 0 aromatic rings. The van der Waals surface area contributed by atoms with Crippen LogP contribution in [0.15, 0.2) is 16.8 Å². The zero-order valence-electron chi connectivity index (χ0n) is 19.0. The Morgan fingerprint density at radius 3 is 2.72 bits per heavy atom. The Morgan fingerprint density at radius 2 is 1.93 bits per heavy atom. The van der Waals surface area contributed by atoms with Crippen LogP contribution in [-0.4, -0.2) is 44.1 Å².